The quantitative estimate of drug-likeness (QED) is 0.0779. The first-order valence-corrected chi connectivity index (χ1v) is 12.7. The highest BCUT2D eigenvalue weighted by Crippen LogP contribution is 2.20. The fraction of sp³-hybridized carbons (Fsp3) is 0.0968. The summed E-state index contributed by atoms with van der Waals surface area (Å²) in [6, 6.07) is 32.1. The highest BCUT2D eigenvalue weighted by atomic mass is 17.5. The number of carbonyl (C=O) groups is 4. The molecule has 4 aromatic rings. The molecule has 0 fully saturated rings. The molecule has 0 N–H and O–H groups in total. The second kappa shape index (κ2) is 15.9. The van der Waals surface area contributed by atoms with Gasteiger partial charge in [0.1, 0.15) is 0 Å². The first-order valence-electron chi connectivity index (χ1n) is 12.7. The molecular formula is C31H24O12. The van der Waals surface area contributed by atoms with E-state index in [0.717, 1.165) is 22.3 Å². The SMILES string of the molecule is O=C(OCCCOC(=O)OOOC(=O)c1ccc(-c2ccccc2)cc1)OOOC(=O)c1ccc(-c2ccccc2)cc1. The summed E-state index contributed by atoms with van der Waals surface area (Å²) in [5.74, 6) is -1.79. The second-order valence-electron chi connectivity index (χ2n) is 8.48. The third-order valence-electron chi connectivity index (χ3n) is 5.61. The summed E-state index contributed by atoms with van der Waals surface area (Å²) in [5.41, 5.74) is 4.07. The van der Waals surface area contributed by atoms with E-state index < -0.39 is 24.2 Å². The van der Waals surface area contributed by atoms with Crippen LogP contribution in [0.3, 0.4) is 0 Å². The van der Waals surface area contributed by atoms with Crippen molar-refractivity contribution in [2.75, 3.05) is 13.2 Å². The van der Waals surface area contributed by atoms with Crippen molar-refractivity contribution >= 4 is 24.2 Å². The lowest BCUT2D eigenvalue weighted by Crippen LogP contribution is -2.15. The average molecular weight is 589 g/mol. The summed E-state index contributed by atoms with van der Waals surface area (Å²) in [6.45, 7) is -0.502. The van der Waals surface area contributed by atoms with Crippen LogP contribution < -0.4 is 0 Å². The molecular weight excluding hydrogens is 564 g/mol. The van der Waals surface area contributed by atoms with E-state index in [4.69, 9.17) is 0 Å². The first kappa shape index (κ1) is 30.2. The van der Waals surface area contributed by atoms with Crippen LogP contribution in [0.15, 0.2) is 109 Å². The van der Waals surface area contributed by atoms with Gasteiger partial charge < -0.3 is 9.47 Å². The summed E-state index contributed by atoms with van der Waals surface area (Å²) in [5, 5.41) is 8.31. The van der Waals surface area contributed by atoms with E-state index in [9.17, 15) is 19.2 Å². The topological polar surface area (TPSA) is 142 Å². The largest absolute Gasteiger partial charge is 0.543 e. The zero-order valence-corrected chi connectivity index (χ0v) is 22.4. The summed E-state index contributed by atoms with van der Waals surface area (Å²) in [7, 11) is 0. The molecule has 0 aliphatic rings. The van der Waals surface area contributed by atoms with Gasteiger partial charge in [-0.05, 0) is 46.5 Å². The van der Waals surface area contributed by atoms with Gasteiger partial charge in [0.15, 0.2) is 0 Å². The summed E-state index contributed by atoms with van der Waals surface area (Å²) < 4.78 is 9.33. The van der Waals surface area contributed by atoms with Crippen molar-refractivity contribution in [3.05, 3.63) is 120 Å². The minimum atomic E-state index is -1.30. The fourth-order valence-corrected chi connectivity index (χ4v) is 3.52. The van der Waals surface area contributed by atoms with E-state index in [0.29, 0.717) is 0 Å². The Labute approximate surface area is 244 Å². The average Bonchev–Trinajstić information content (AvgIpc) is 3.05. The van der Waals surface area contributed by atoms with E-state index in [1.54, 1.807) is 24.3 Å². The van der Waals surface area contributed by atoms with Gasteiger partial charge in [-0.25, -0.2) is 29.0 Å². The molecule has 4 rings (SSSR count). The van der Waals surface area contributed by atoms with Crippen LogP contribution in [-0.4, -0.2) is 37.5 Å². The van der Waals surface area contributed by atoms with Gasteiger partial charge in [0.05, 0.1) is 34.4 Å². The molecule has 0 aliphatic heterocycles. The van der Waals surface area contributed by atoms with Crippen LogP contribution in [0.5, 0.6) is 0 Å². The van der Waals surface area contributed by atoms with Crippen LogP contribution in [0, 0.1) is 0 Å². The molecule has 0 bridgehead atoms. The highest BCUT2D eigenvalue weighted by Gasteiger charge is 2.14. The maximum Gasteiger partial charge on any atom is 0.543 e. The van der Waals surface area contributed by atoms with Gasteiger partial charge in [0.25, 0.3) is 0 Å². The normalized spacial score (nSPS) is 10.2. The van der Waals surface area contributed by atoms with Crippen molar-refractivity contribution in [3.8, 4) is 22.3 Å². The lowest BCUT2D eigenvalue weighted by atomic mass is 10.0. The molecule has 0 saturated carbocycles. The zero-order valence-electron chi connectivity index (χ0n) is 22.4. The van der Waals surface area contributed by atoms with E-state index >= 15 is 0 Å². The molecule has 12 heteroatoms. The minimum absolute atomic E-state index is 0.0330. The number of hydrogen-bond acceptors (Lipinski definition) is 12. The maximum atomic E-state index is 12.0. The van der Waals surface area contributed by atoms with Gasteiger partial charge >= 0.3 is 24.2 Å². The van der Waals surface area contributed by atoms with Crippen molar-refractivity contribution in [2.45, 2.75) is 6.42 Å². The third kappa shape index (κ3) is 9.70. The Balaban J connectivity index is 1.02. The van der Waals surface area contributed by atoms with E-state index in [1.165, 1.54) is 24.3 Å². The Morgan fingerprint density at radius 3 is 1.14 bits per heavy atom. The fourth-order valence-electron chi connectivity index (χ4n) is 3.52. The second-order valence-corrected chi connectivity index (χ2v) is 8.48. The number of hydrogen-bond donors (Lipinski definition) is 0. The van der Waals surface area contributed by atoms with Gasteiger partial charge in [-0.1, -0.05) is 84.9 Å². The van der Waals surface area contributed by atoms with Gasteiger partial charge in [-0.2, -0.15) is 0 Å². The molecule has 0 atom stereocenters. The maximum absolute atomic E-state index is 12.0. The Bertz CT molecular complexity index is 1370. The van der Waals surface area contributed by atoms with Crippen LogP contribution in [-0.2, 0) is 39.1 Å². The summed E-state index contributed by atoms with van der Waals surface area (Å²) >= 11 is 0. The molecule has 0 spiro atoms. The van der Waals surface area contributed by atoms with Gasteiger partial charge in [0.2, 0.25) is 0 Å². The Kier molecular flexibility index (Phi) is 11.2. The summed E-state index contributed by atoms with van der Waals surface area (Å²) in [4.78, 5) is 64.2. The molecule has 0 heterocycles. The minimum Gasteiger partial charge on any atom is -0.432 e. The van der Waals surface area contributed by atoms with Crippen molar-refractivity contribution < 1.29 is 58.3 Å². The summed E-state index contributed by atoms with van der Waals surface area (Å²) in [6.07, 6.45) is -2.57. The first-order chi connectivity index (χ1) is 21.0. The Morgan fingerprint density at radius 1 is 0.419 bits per heavy atom. The predicted molar refractivity (Wildman–Crippen MR) is 146 cm³/mol. The number of carbonyl (C=O) groups excluding carboxylic acids is 4. The van der Waals surface area contributed by atoms with Crippen LogP contribution in [0.4, 0.5) is 9.59 Å². The molecule has 0 aromatic heterocycles. The zero-order chi connectivity index (χ0) is 30.3. The molecule has 0 radical (unpaired) electrons. The van der Waals surface area contributed by atoms with Crippen LogP contribution >= 0.6 is 0 Å². The van der Waals surface area contributed by atoms with E-state index in [-0.39, 0.29) is 30.8 Å². The molecule has 0 saturated heterocycles. The molecule has 4 aromatic carbocycles. The molecule has 43 heavy (non-hydrogen) atoms. The lowest BCUT2D eigenvalue weighted by Gasteiger charge is -2.06. The molecule has 12 nitrogen and oxygen atoms in total. The highest BCUT2D eigenvalue weighted by molar-refractivity contribution is 5.90. The van der Waals surface area contributed by atoms with Crippen molar-refractivity contribution in [2.24, 2.45) is 0 Å². The number of benzene rings is 4. The van der Waals surface area contributed by atoms with Crippen molar-refractivity contribution in [1.29, 1.82) is 0 Å². The Hall–Kier alpha value is -5.72. The van der Waals surface area contributed by atoms with Crippen molar-refractivity contribution in [3.63, 3.8) is 0 Å². The van der Waals surface area contributed by atoms with Crippen molar-refractivity contribution in [1.82, 2.24) is 0 Å². The molecule has 220 valence electrons. The van der Waals surface area contributed by atoms with Gasteiger partial charge in [-0.15, -0.1) is 0 Å². The Morgan fingerprint density at radius 2 is 0.767 bits per heavy atom. The number of ether oxygens (including phenoxy) is 2. The van der Waals surface area contributed by atoms with Gasteiger partial charge in [0, 0.05) is 6.42 Å². The lowest BCUT2D eigenvalue weighted by molar-refractivity contribution is -0.452. The van der Waals surface area contributed by atoms with Crippen LogP contribution in [0.2, 0.25) is 0 Å². The van der Waals surface area contributed by atoms with Crippen LogP contribution in [0.1, 0.15) is 27.1 Å². The standard InChI is InChI=1S/C31H24O12/c32-28(26-16-12-24(13-17-26)22-8-3-1-4-9-22)38-42-40-30(34)36-20-7-21-37-31(35)41-43-39-29(33)27-18-14-25(15-19-27)23-10-5-2-6-11-23/h1-6,8-19H,7,20-21H2. The number of rotatable bonds is 12. The van der Waals surface area contributed by atoms with E-state index in [2.05, 4.69) is 39.1 Å². The smallest absolute Gasteiger partial charge is 0.432 e. The molecule has 0 aliphatic carbocycles. The molecule has 0 unspecified atom stereocenters. The molecule has 0 amide bonds. The third-order valence-corrected chi connectivity index (χ3v) is 5.61. The predicted octanol–water partition coefficient (Wildman–Crippen LogP) is 6.42. The monoisotopic (exact) mass is 588 g/mol. The van der Waals surface area contributed by atoms with Gasteiger partial charge in [-0.3, -0.25) is 9.78 Å². The van der Waals surface area contributed by atoms with E-state index in [1.807, 2.05) is 60.7 Å². The van der Waals surface area contributed by atoms with Crippen LogP contribution in [0.25, 0.3) is 22.3 Å².